The van der Waals surface area contributed by atoms with E-state index in [4.69, 9.17) is 10.8 Å². The molecule has 1 aromatic rings. The summed E-state index contributed by atoms with van der Waals surface area (Å²) < 4.78 is 0. The Bertz CT molecular complexity index is 351. The Labute approximate surface area is 97.3 Å². The number of carbonyl (C=O) groups excluding carboxylic acids is 1. The predicted molar refractivity (Wildman–Crippen MR) is 61.3 cm³/mol. The Kier molecular flexibility index (Phi) is 4.94. The van der Waals surface area contributed by atoms with E-state index in [9.17, 15) is 9.59 Å². The maximum absolute atomic E-state index is 11.2. The smallest absolute Gasteiger partial charge is 0.321 e. The molecule has 0 spiro atoms. The summed E-state index contributed by atoms with van der Waals surface area (Å²) in [4.78, 5) is 22.8. The summed E-state index contributed by atoms with van der Waals surface area (Å²) in [7, 11) is 0. The number of nitrogens with two attached hydrogens (primary N) is 1. The number of hydrogen-bond donors (Lipinski definition) is 3. The molecule has 0 aromatic carbocycles. The maximum atomic E-state index is 11.2. The quantitative estimate of drug-likeness (QED) is 0.665. The Balaban J connectivity index is 2.18. The molecule has 4 N–H and O–H groups in total. The molecule has 0 fully saturated rings. The molecule has 1 heterocycles. The zero-order valence-electron chi connectivity index (χ0n) is 8.68. The van der Waals surface area contributed by atoms with E-state index < -0.39 is 12.0 Å². The van der Waals surface area contributed by atoms with Gasteiger partial charge < -0.3 is 16.2 Å². The number of carboxylic acids is 1. The van der Waals surface area contributed by atoms with Gasteiger partial charge in [-0.3, -0.25) is 9.59 Å². The number of hydrogen-bond acceptors (Lipinski definition) is 4. The summed E-state index contributed by atoms with van der Waals surface area (Å²) in [5.41, 5.74) is 5.23. The minimum Gasteiger partial charge on any atom is -0.480 e. The first-order valence-electron chi connectivity index (χ1n) is 4.87. The van der Waals surface area contributed by atoms with Gasteiger partial charge in [0.2, 0.25) is 5.91 Å². The van der Waals surface area contributed by atoms with Crippen molar-refractivity contribution in [2.24, 2.45) is 5.73 Å². The van der Waals surface area contributed by atoms with Crippen LogP contribution in [-0.4, -0.2) is 29.6 Å². The van der Waals surface area contributed by atoms with Crippen molar-refractivity contribution in [1.29, 1.82) is 0 Å². The third-order valence-corrected chi connectivity index (χ3v) is 2.93. The first kappa shape index (κ1) is 12.7. The van der Waals surface area contributed by atoms with Gasteiger partial charge in [-0.1, -0.05) is 6.07 Å². The third-order valence-electron chi connectivity index (χ3n) is 2.00. The van der Waals surface area contributed by atoms with Gasteiger partial charge in [-0.25, -0.2) is 0 Å². The molecule has 0 bridgehead atoms. The van der Waals surface area contributed by atoms with Gasteiger partial charge in [-0.05, 0) is 17.9 Å². The summed E-state index contributed by atoms with van der Waals surface area (Å²) in [6.07, 6.45) is 0.575. The number of carboxylic acid groups (broad SMARTS) is 1. The second kappa shape index (κ2) is 6.24. The maximum Gasteiger partial charge on any atom is 0.321 e. The van der Waals surface area contributed by atoms with E-state index >= 15 is 0 Å². The Morgan fingerprint density at radius 1 is 1.56 bits per heavy atom. The third kappa shape index (κ3) is 4.41. The van der Waals surface area contributed by atoms with Crippen LogP contribution < -0.4 is 11.1 Å². The van der Waals surface area contributed by atoms with Crippen molar-refractivity contribution in [2.75, 3.05) is 6.54 Å². The lowest BCUT2D eigenvalue weighted by molar-refractivity contribution is -0.140. The zero-order chi connectivity index (χ0) is 12.0. The minimum atomic E-state index is -1.16. The van der Waals surface area contributed by atoms with Crippen molar-refractivity contribution < 1.29 is 14.7 Å². The van der Waals surface area contributed by atoms with E-state index in [1.807, 2.05) is 17.5 Å². The number of nitrogens with one attached hydrogen (secondary N) is 1. The fraction of sp³-hybridized carbons (Fsp3) is 0.400. The van der Waals surface area contributed by atoms with Gasteiger partial charge in [0.25, 0.3) is 0 Å². The van der Waals surface area contributed by atoms with Crippen molar-refractivity contribution in [3.05, 3.63) is 22.4 Å². The molecule has 1 atom stereocenters. The lowest BCUT2D eigenvalue weighted by Gasteiger charge is -2.06. The van der Waals surface area contributed by atoms with Crippen LogP contribution in [0, 0.1) is 0 Å². The van der Waals surface area contributed by atoms with E-state index in [1.54, 1.807) is 11.3 Å². The van der Waals surface area contributed by atoms with Crippen LogP contribution in [0.4, 0.5) is 0 Å². The second-order valence-electron chi connectivity index (χ2n) is 3.33. The van der Waals surface area contributed by atoms with Crippen molar-refractivity contribution >= 4 is 23.2 Å². The molecule has 1 aromatic heterocycles. The van der Waals surface area contributed by atoms with Crippen molar-refractivity contribution in [3.63, 3.8) is 0 Å². The van der Waals surface area contributed by atoms with E-state index in [0.717, 1.165) is 6.42 Å². The van der Waals surface area contributed by atoms with Crippen LogP contribution >= 0.6 is 11.3 Å². The van der Waals surface area contributed by atoms with Gasteiger partial charge in [-0.15, -0.1) is 11.3 Å². The molecular formula is C10H14N2O3S. The first-order valence-corrected chi connectivity index (χ1v) is 5.75. The Hall–Kier alpha value is -1.40. The van der Waals surface area contributed by atoms with Gasteiger partial charge >= 0.3 is 5.97 Å². The van der Waals surface area contributed by atoms with Crippen LogP contribution in [0.15, 0.2) is 17.5 Å². The number of amides is 1. The van der Waals surface area contributed by atoms with E-state index in [-0.39, 0.29) is 12.3 Å². The molecule has 0 aliphatic heterocycles. The summed E-state index contributed by atoms with van der Waals surface area (Å²) in [6, 6.07) is 2.81. The summed E-state index contributed by atoms with van der Waals surface area (Å²) >= 11 is 1.62. The molecule has 1 amide bonds. The summed E-state index contributed by atoms with van der Waals surface area (Å²) in [5.74, 6) is -1.49. The summed E-state index contributed by atoms with van der Waals surface area (Å²) in [5, 5.41) is 13.1. The van der Waals surface area contributed by atoms with Gasteiger partial charge in [0.05, 0.1) is 6.42 Å². The average molecular weight is 242 g/mol. The molecule has 0 saturated heterocycles. The van der Waals surface area contributed by atoms with E-state index in [1.165, 1.54) is 4.88 Å². The normalized spacial score (nSPS) is 12.1. The van der Waals surface area contributed by atoms with Crippen LogP contribution in [0.1, 0.15) is 11.3 Å². The molecular weight excluding hydrogens is 228 g/mol. The largest absolute Gasteiger partial charge is 0.480 e. The molecule has 16 heavy (non-hydrogen) atoms. The number of thiophene rings is 1. The lowest BCUT2D eigenvalue weighted by atomic mass is 10.2. The number of carbonyl (C=O) groups is 2. The SMILES string of the molecule is NC(CC(=O)NCCc1cccs1)C(=O)O. The van der Waals surface area contributed by atoms with Crippen LogP contribution in [-0.2, 0) is 16.0 Å². The second-order valence-corrected chi connectivity index (χ2v) is 4.36. The van der Waals surface area contributed by atoms with E-state index in [0.29, 0.717) is 6.54 Å². The zero-order valence-corrected chi connectivity index (χ0v) is 9.50. The lowest BCUT2D eigenvalue weighted by Crippen LogP contribution is -2.37. The van der Waals surface area contributed by atoms with Crippen molar-refractivity contribution in [3.8, 4) is 0 Å². The fourth-order valence-electron chi connectivity index (χ4n) is 1.14. The molecule has 1 unspecified atom stereocenters. The minimum absolute atomic E-state index is 0.181. The van der Waals surface area contributed by atoms with Gasteiger partial charge in [0.15, 0.2) is 0 Å². The standard InChI is InChI=1S/C10H14N2O3S/c11-8(10(14)15)6-9(13)12-4-3-7-2-1-5-16-7/h1-2,5,8H,3-4,6,11H2,(H,12,13)(H,14,15). The van der Waals surface area contributed by atoms with Crippen LogP contribution in [0.3, 0.4) is 0 Å². The van der Waals surface area contributed by atoms with Gasteiger partial charge in [-0.2, -0.15) is 0 Å². The molecule has 0 radical (unpaired) electrons. The Morgan fingerprint density at radius 2 is 2.31 bits per heavy atom. The average Bonchev–Trinajstić information content (AvgIpc) is 2.70. The van der Waals surface area contributed by atoms with Crippen molar-refractivity contribution in [2.45, 2.75) is 18.9 Å². The van der Waals surface area contributed by atoms with Gasteiger partial charge in [0, 0.05) is 11.4 Å². The van der Waals surface area contributed by atoms with Crippen LogP contribution in [0.5, 0.6) is 0 Å². The highest BCUT2D eigenvalue weighted by molar-refractivity contribution is 7.09. The highest BCUT2D eigenvalue weighted by Crippen LogP contribution is 2.08. The highest BCUT2D eigenvalue weighted by atomic mass is 32.1. The van der Waals surface area contributed by atoms with Crippen LogP contribution in [0.2, 0.25) is 0 Å². The Morgan fingerprint density at radius 3 is 2.88 bits per heavy atom. The summed E-state index contributed by atoms with van der Waals surface area (Å²) in [6.45, 7) is 0.506. The predicted octanol–water partition coefficient (Wildman–Crippen LogP) is 0.209. The topological polar surface area (TPSA) is 92.4 Å². The molecule has 0 saturated carbocycles. The van der Waals surface area contributed by atoms with Gasteiger partial charge in [0.1, 0.15) is 6.04 Å². The molecule has 0 aliphatic rings. The molecule has 88 valence electrons. The molecule has 5 nitrogen and oxygen atoms in total. The van der Waals surface area contributed by atoms with E-state index in [2.05, 4.69) is 5.32 Å². The number of aliphatic carboxylic acids is 1. The first-order chi connectivity index (χ1) is 7.59. The van der Waals surface area contributed by atoms with Crippen LogP contribution in [0.25, 0.3) is 0 Å². The fourth-order valence-corrected chi connectivity index (χ4v) is 1.85. The number of rotatable bonds is 6. The molecule has 0 aliphatic carbocycles. The van der Waals surface area contributed by atoms with Crippen molar-refractivity contribution in [1.82, 2.24) is 5.32 Å². The monoisotopic (exact) mass is 242 g/mol. The molecule has 6 heteroatoms. The highest BCUT2D eigenvalue weighted by Gasteiger charge is 2.15. The molecule has 1 rings (SSSR count).